The van der Waals surface area contributed by atoms with E-state index in [1.165, 1.54) is 12.1 Å². The molecule has 1 aromatic rings. The normalized spacial score (nSPS) is 18.3. The van der Waals surface area contributed by atoms with E-state index in [1.807, 2.05) is 0 Å². The topological polar surface area (TPSA) is 3.24 Å². The van der Waals surface area contributed by atoms with Crippen LogP contribution in [0.5, 0.6) is 0 Å². The largest absolute Gasteiger partial charge is 0.416 e. The average molecular weight is 320 g/mol. The van der Waals surface area contributed by atoms with Crippen LogP contribution in [-0.4, -0.2) is 13.1 Å². The molecule has 1 nitrogen and oxygen atoms in total. The quantitative estimate of drug-likeness (QED) is 0.666. The van der Waals surface area contributed by atoms with Gasteiger partial charge in [0.1, 0.15) is 0 Å². The molecule has 1 aromatic carbocycles. The van der Waals surface area contributed by atoms with E-state index in [0.717, 1.165) is 32.4 Å². The van der Waals surface area contributed by atoms with Crippen LogP contribution in [-0.2, 0) is 12.1 Å². The lowest BCUT2D eigenvalue weighted by Gasteiger charge is -2.27. The number of nitrogens with zero attached hydrogens (tertiary/aromatic N) is 1. The second-order valence-corrected chi connectivity index (χ2v) is 6.12. The van der Waals surface area contributed by atoms with Crippen LogP contribution in [0.15, 0.2) is 18.2 Å². The minimum absolute atomic E-state index is 0.122. The van der Waals surface area contributed by atoms with Gasteiger partial charge in [-0.25, -0.2) is 0 Å². The molecule has 118 valence electrons. The van der Waals surface area contributed by atoms with Crippen molar-refractivity contribution >= 4 is 17.3 Å². The van der Waals surface area contributed by atoms with Gasteiger partial charge >= 0.3 is 6.18 Å². The highest BCUT2D eigenvalue weighted by atomic mass is 35.5. The molecule has 1 fully saturated rings. The molecule has 0 atom stereocenters. The van der Waals surface area contributed by atoms with Crippen LogP contribution in [0.3, 0.4) is 0 Å². The van der Waals surface area contributed by atoms with Crippen molar-refractivity contribution in [1.29, 1.82) is 0 Å². The van der Waals surface area contributed by atoms with E-state index in [9.17, 15) is 13.2 Å². The van der Waals surface area contributed by atoms with Gasteiger partial charge < -0.3 is 4.90 Å². The number of alkyl halides is 4. The summed E-state index contributed by atoms with van der Waals surface area (Å²) in [4.78, 5) is 2.07. The Morgan fingerprint density at radius 1 is 1.24 bits per heavy atom. The summed E-state index contributed by atoms with van der Waals surface area (Å²) in [5.74, 6) is -0.122. The van der Waals surface area contributed by atoms with Crippen molar-refractivity contribution in [2.75, 3.05) is 18.0 Å². The van der Waals surface area contributed by atoms with Crippen molar-refractivity contribution in [3.63, 3.8) is 0 Å². The van der Waals surface area contributed by atoms with E-state index in [2.05, 4.69) is 18.7 Å². The molecular formula is C16H21ClF3N. The first-order valence-corrected chi connectivity index (χ1v) is 7.89. The van der Waals surface area contributed by atoms with Gasteiger partial charge in [-0.1, -0.05) is 19.9 Å². The average Bonchev–Trinajstić information content (AvgIpc) is 2.91. The number of benzene rings is 1. The summed E-state index contributed by atoms with van der Waals surface area (Å²) in [5.41, 5.74) is 0.425. The lowest BCUT2D eigenvalue weighted by atomic mass is 9.82. The molecule has 0 saturated carbocycles. The van der Waals surface area contributed by atoms with Crippen molar-refractivity contribution in [3.8, 4) is 0 Å². The van der Waals surface area contributed by atoms with Crippen LogP contribution in [0.1, 0.15) is 44.2 Å². The monoisotopic (exact) mass is 319 g/mol. The lowest BCUT2D eigenvalue weighted by molar-refractivity contribution is -0.138. The maximum atomic E-state index is 13.1. The molecule has 0 aromatic heterocycles. The van der Waals surface area contributed by atoms with E-state index in [0.29, 0.717) is 5.69 Å². The molecule has 0 spiro atoms. The third kappa shape index (κ3) is 3.31. The van der Waals surface area contributed by atoms with Crippen molar-refractivity contribution in [1.82, 2.24) is 0 Å². The summed E-state index contributed by atoms with van der Waals surface area (Å²) in [6, 6.07) is 4.51. The highest BCUT2D eigenvalue weighted by Crippen LogP contribution is 2.41. The minimum atomic E-state index is -4.35. The fourth-order valence-electron chi connectivity index (χ4n) is 3.12. The number of anilines is 1. The van der Waals surface area contributed by atoms with E-state index >= 15 is 0 Å². The second kappa shape index (κ2) is 6.07. The Bertz CT molecular complexity index is 495. The van der Waals surface area contributed by atoms with Crippen LogP contribution in [0.25, 0.3) is 0 Å². The van der Waals surface area contributed by atoms with Crippen LogP contribution in [0.4, 0.5) is 18.9 Å². The Balaban J connectivity index is 2.30. The Morgan fingerprint density at radius 3 is 2.38 bits per heavy atom. The van der Waals surface area contributed by atoms with E-state index in [4.69, 9.17) is 11.6 Å². The molecule has 0 amide bonds. The van der Waals surface area contributed by atoms with Gasteiger partial charge in [-0.15, -0.1) is 11.6 Å². The van der Waals surface area contributed by atoms with E-state index in [-0.39, 0.29) is 16.9 Å². The molecule has 0 N–H and O–H groups in total. The van der Waals surface area contributed by atoms with Crippen molar-refractivity contribution in [2.45, 2.75) is 45.2 Å². The summed E-state index contributed by atoms with van der Waals surface area (Å²) in [6.07, 6.45) is -1.19. The Kier molecular flexibility index (Phi) is 4.76. The molecule has 2 rings (SSSR count). The van der Waals surface area contributed by atoms with Crippen molar-refractivity contribution in [2.24, 2.45) is 5.41 Å². The molecule has 21 heavy (non-hydrogen) atoms. The van der Waals surface area contributed by atoms with Crippen LogP contribution in [0.2, 0.25) is 0 Å². The molecule has 0 bridgehead atoms. The first-order chi connectivity index (χ1) is 9.85. The smallest absolute Gasteiger partial charge is 0.371 e. The molecule has 1 saturated heterocycles. The fraction of sp³-hybridized carbons (Fsp3) is 0.625. The summed E-state index contributed by atoms with van der Waals surface area (Å²) < 4.78 is 39.3. The zero-order chi connectivity index (χ0) is 15.7. The molecule has 0 radical (unpaired) electrons. The van der Waals surface area contributed by atoms with Gasteiger partial charge in [0.2, 0.25) is 0 Å². The molecular weight excluding hydrogens is 299 g/mol. The van der Waals surface area contributed by atoms with Gasteiger partial charge in [-0.3, -0.25) is 0 Å². The van der Waals surface area contributed by atoms with Gasteiger partial charge in [0.15, 0.2) is 0 Å². The van der Waals surface area contributed by atoms with E-state index in [1.54, 1.807) is 6.07 Å². The molecule has 1 aliphatic heterocycles. The first-order valence-electron chi connectivity index (χ1n) is 7.36. The first kappa shape index (κ1) is 16.5. The molecule has 1 heterocycles. The van der Waals surface area contributed by atoms with Gasteiger partial charge in [0.25, 0.3) is 0 Å². The van der Waals surface area contributed by atoms with Gasteiger partial charge in [0, 0.05) is 24.7 Å². The summed E-state index contributed by atoms with van der Waals surface area (Å²) in [6.45, 7) is 5.96. The molecule has 0 unspecified atom stereocenters. The fourth-order valence-corrected chi connectivity index (χ4v) is 3.36. The van der Waals surface area contributed by atoms with Gasteiger partial charge in [0.05, 0.1) is 5.56 Å². The predicted octanol–water partition coefficient (Wildman–Crippen LogP) is 5.46. The predicted molar refractivity (Wildman–Crippen MR) is 80.8 cm³/mol. The summed E-state index contributed by atoms with van der Waals surface area (Å²) >= 11 is 5.63. The molecule has 5 heteroatoms. The van der Waals surface area contributed by atoms with Crippen LogP contribution < -0.4 is 4.90 Å². The number of hydrogen-bond acceptors (Lipinski definition) is 1. The van der Waals surface area contributed by atoms with E-state index < -0.39 is 11.7 Å². The van der Waals surface area contributed by atoms with Crippen LogP contribution in [0, 0.1) is 5.41 Å². The highest BCUT2D eigenvalue weighted by Gasteiger charge is 2.37. The standard InChI is InChI=1S/C16H21ClF3N/c1-3-15(4-2)7-8-21(11-15)13-6-5-12(10-17)14(9-13)16(18,19)20/h5-6,9H,3-4,7-8,10-11H2,1-2H3. The number of halogens is 4. The lowest BCUT2D eigenvalue weighted by Crippen LogP contribution is -2.26. The Hall–Kier alpha value is -0.900. The van der Waals surface area contributed by atoms with Gasteiger partial charge in [-0.05, 0) is 42.4 Å². The minimum Gasteiger partial charge on any atom is -0.371 e. The second-order valence-electron chi connectivity index (χ2n) is 5.85. The summed E-state index contributed by atoms with van der Waals surface area (Å²) in [7, 11) is 0. The van der Waals surface area contributed by atoms with Crippen LogP contribution >= 0.6 is 11.6 Å². The summed E-state index contributed by atoms with van der Waals surface area (Å²) in [5, 5.41) is 0. The van der Waals surface area contributed by atoms with Crippen molar-refractivity contribution in [3.05, 3.63) is 29.3 Å². The highest BCUT2D eigenvalue weighted by molar-refractivity contribution is 6.17. The third-order valence-corrected chi connectivity index (χ3v) is 5.13. The molecule has 0 aliphatic carbocycles. The maximum Gasteiger partial charge on any atom is 0.416 e. The SMILES string of the molecule is CCC1(CC)CCN(c2ccc(CCl)c(C(F)(F)F)c2)C1. The number of rotatable bonds is 4. The zero-order valence-electron chi connectivity index (χ0n) is 12.4. The third-order valence-electron chi connectivity index (χ3n) is 4.85. The van der Waals surface area contributed by atoms with Gasteiger partial charge in [-0.2, -0.15) is 13.2 Å². The molecule has 1 aliphatic rings. The Labute approximate surface area is 129 Å². The Morgan fingerprint density at radius 2 is 1.90 bits per heavy atom. The number of hydrogen-bond donors (Lipinski definition) is 0. The zero-order valence-corrected chi connectivity index (χ0v) is 13.2. The van der Waals surface area contributed by atoms with Crippen molar-refractivity contribution < 1.29 is 13.2 Å². The maximum absolute atomic E-state index is 13.1.